The van der Waals surface area contributed by atoms with Crippen LogP contribution >= 0.6 is 0 Å². The van der Waals surface area contributed by atoms with E-state index in [1.54, 1.807) is 17.0 Å². The fourth-order valence-electron chi connectivity index (χ4n) is 4.99. The maximum Gasteiger partial charge on any atom is 0.189 e. The van der Waals surface area contributed by atoms with Gasteiger partial charge in [-0.2, -0.15) is 4.57 Å². The second kappa shape index (κ2) is 15.7. The first-order valence-electron chi connectivity index (χ1n) is 13.5. The summed E-state index contributed by atoms with van der Waals surface area (Å²) in [4.78, 5) is 0. The van der Waals surface area contributed by atoms with Gasteiger partial charge in [0.25, 0.3) is 0 Å². The zero-order valence-corrected chi connectivity index (χ0v) is 20.6. The minimum absolute atomic E-state index is 1.23. The maximum absolute atomic E-state index is 2.63. The summed E-state index contributed by atoms with van der Waals surface area (Å²) in [7, 11) is 0. The molecular weight excluding hydrogens is 362 g/mol. The Hall–Kier alpha value is -1.11. The molecule has 0 amide bonds. The van der Waals surface area contributed by atoms with Crippen molar-refractivity contribution in [3.8, 4) is 0 Å². The third-order valence-corrected chi connectivity index (χ3v) is 6.98. The van der Waals surface area contributed by atoms with Crippen LogP contribution in [0.2, 0.25) is 0 Å². The number of hydrogen-bond acceptors (Lipinski definition) is 0. The Morgan fingerprint density at radius 1 is 0.800 bits per heavy atom. The van der Waals surface area contributed by atoms with E-state index in [1.165, 1.54) is 128 Å². The number of aryl methyl sites for hydroxylation is 1. The lowest BCUT2D eigenvalue weighted by Crippen LogP contribution is -2.38. The van der Waals surface area contributed by atoms with E-state index in [0.29, 0.717) is 0 Å². The summed E-state index contributed by atoms with van der Waals surface area (Å²) in [5.41, 5.74) is 6.24. The van der Waals surface area contributed by atoms with E-state index < -0.39 is 0 Å². The Morgan fingerprint density at radius 3 is 2.07 bits per heavy atom. The summed E-state index contributed by atoms with van der Waals surface area (Å²) in [5.74, 6) is 0. The maximum atomic E-state index is 2.63. The van der Waals surface area contributed by atoms with Crippen LogP contribution < -0.4 is 4.57 Å². The van der Waals surface area contributed by atoms with Crippen LogP contribution in [-0.2, 0) is 19.4 Å². The third kappa shape index (κ3) is 8.94. The van der Waals surface area contributed by atoms with E-state index >= 15 is 0 Å². The molecule has 30 heavy (non-hydrogen) atoms. The Labute approximate surface area is 188 Å². The van der Waals surface area contributed by atoms with Gasteiger partial charge in [0.2, 0.25) is 0 Å². The van der Waals surface area contributed by atoms with Crippen LogP contribution in [0, 0.1) is 6.92 Å². The highest BCUT2D eigenvalue weighted by molar-refractivity contribution is 5.52. The van der Waals surface area contributed by atoms with Crippen molar-refractivity contribution in [1.82, 2.24) is 0 Å². The second-order valence-electron chi connectivity index (χ2n) is 9.60. The molecule has 1 aromatic rings. The molecule has 1 aliphatic rings. The summed E-state index contributed by atoms with van der Waals surface area (Å²) in [5, 5.41) is 0. The molecule has 1 aromatic heterocycles. The van der Waals surface area contributed by atoms with Crippen LogP contribution in [0.1, 0.15) is 139 Å². The first-order valence-corrected chi connectivity index (χ1v) is 13.5. The first kappa shape index (κ1) is 25.2. The molecule has 1 nitrogen and oxygen atoms in total. The van der Waals surface area contributed by atoms with Crippen molar-refractivity contribution in [2.45, 2.75) is 143 Å². The van der Waals surface area contributed by atoms with E-state index in [-0.39, 0.29) is 0 Å². The summed E-state index contributed by atoms with van der Waals surface area (Å²) >= 11 is 0. The summed E-state index contributed by atoms with van der Waals surface area (Å²) in [6, 6.07) is 2.53. The Morgan fingerprint density at radius 2 is 1.40 bits per heavy atom. The normalized spacial score (nSPS) is 13.4. The van der Waals surface area contributed by atoms with Crippen molar-refractivity contribution in [2.24, 2.45) is 0 Å². The molecule has 0 radical (unpaired) electrons. The Bertz CT molecular complexity index is 613. The lowest BCUT2D eigenvalue weighted by Gasteiger charge is -2.09. The molecule has 1 heteroatoms. The number of pyridine rings is 1. The molecule has 0 N–H and O–H groups in total. The minimum atomic E-state index is 1.23. The van der Waals surface area contributed by atoms with Crippen LogP contribution in [0.25, 0.3) is 6.08 Å². The van der Waals surface area contributed by atoms with Gasteiger partial charge in [-0.15, -0.1) is 0 Å². The van der Waals surface area contributed by atoms with E-state index in [4.69, 9.17) is 0 Å². The van der Waals surface area contributed by atoms with Gasteiger partial charge in [0.1, 0.15) is 6.54 Å². The number of allylic oxidation sites excluding steroid dienone is 1. The van der Waals surface area contributed by atoms with Gasteiger partial charge in [0, 0.05) is 30.9 Å². The molecule has 0 saturated heterocycles. The number of nitrogens with zero attached hydrogens (tertiary/aromatic N) is 1. The largest absolute Gasteiger partial charge is 0.199 e. The minimum Gasteiger partial charge on any atom is -0.199 e. The fraction of sp³-hybridized carbons (Fsp3) is 0.759. The van der Waals surface area contributed by atoms with Crippen LogP contribution in [-0.4, -0.2) is 0 Å². The third-order valence-electron chi connectivity index (χ3n) is 6.98. The van der Waals surface area contributed by atoms with Gasteiger partial charge in [-0.3, -0.25) is 0 Å². The van der Waals surface area contributed by atoms with Crippen molar-refractivity contribution >= 4 is 6.08 Å². The highest BCUT2D eigenvalue weighted by Crippen LogP contribution is 2.21. The molecule has 2 rings (SSSR count). The summed E-state index contributed by atoms with van der Waals surface area (Å²) < 4.78 is 2.63. The van der Waals surface area contributed by atoms with Crippen LogP contribution in [0.15, 0.2) is 12.1 Å². The van der Waals surface area contributed by atoms with Gasteiger partial charge < -0.3 is 0 Å². The van der Waals surface area contributed by atoms with E-state index in [9.17, 15) is 0 Å². The highest BCUT2D eigenvalue weighted by Gasteiger charge is 2.26. The number of hydrogen-bond donors (Lipinski definition) is 0. The van der Waals surface area contributed by atoms with E-state index in [2.05, 4.69) is 43.6 Å². The standard InChI is InChI=1S/C29H50N/c1-4-6-8-10-12-14-16-18-21-27-25-28(29-23-20-24-30(29)26(27)3)22-19-17-15-13-11-9-7-5-2/h19,22,25H,4-18,20-21,23-24H2,1-3H3/q+1/b22-19+. The van der Waals surface area contributed by atoms with Gasteiger partial charge in [-0.1, -0.05) is 103 Å². The van der Waals surface area contributed by atoms with Gasteiger partial charge in [-0.25, -0.2) is 0 Å². The Kier molecular flexibility index (Phi) is 13.1. The fourth-order valence-corrected chi connectivity index (χ4v) is 4.99. The van der Waals surface area contributed by atoms with E-state index in [0.717, 1.165) is 0 Å². The van der Waals surface area contributed by atoms with Crippen LogP contribution in [0.4, 0.5) is 0 Å². The molecule has 170 valence electrons. The summed E-state index contributed by atoms with van der Waals surface area (Å²) in [6.07, 6.45) is 29.6. The quantitative estimate of drug-likeness (QED) is 0.178. The van der Waals surface area contributed by atoms with Crippen molar-refractivity contribution in [3.05, 3.63) is 34.7 Å². The van der Waals surface area contributed by atoms with Gasteiger partial charge >= 0.3 is 0 Å². The SMILES string of the molecule is CCCCCCCC/C=C/c1cc(CCCCCCCCCC)c(C)[n+]2c1CCC2. The van der Waals surface area contributed by atoms with Crippen LogP contribution in [0.5, 0.6) is 0 Å². The molecule has 0 unspecified atom stereocenters. The smallest absolute Gasteiger partial charge is 0.189 e. The van der Waals surface area contributed by atoms with Crippen molar-refractivity contribution in [2.75, 3.05) is 0 Å². The number of fused-ring (bicyclic) bond motifs is 1. The van der Waals surface area contributed by atoms with Gasteiger partial charge in [0.05, 0.1) is 0 Å². The zero-order valence-electron chi connectivity index (χ0n) is 20.6. The topological polar surface area (TPSA) is 3.88 Å². The molecule has 2 heterocycles. The lowest BCUT2D eigenvalue weighted by atomic mass is 9.99. The number of unbranched alkanes of at least 4 members (excludes halogenated alkanes) is 13. The predicted octanol–water partition coefficient (Wildman–Crippen LogP) is 8.68. The molecule has 0 saturated carbocycles. The Balaban J connectivity index is 1.80. The number of rotatable bonds is 17. The van der Waals surface area contributed by atoms with Crippen molar-refractivity contribution in [3.63, 3.8) is 0 Å². The average Bonchev–Trinajstić information content (AvgIpc) is 3.25. The highest BCUT2D eigenvalue weighted by atomic mass is 15.0. The zero-order chi connectivity index (χ0) is 21.4. The summed E-state index contributed by atoms with van der Waals surface area (Å²) in [6.45, 7) is 8.18. The van der Waals surface area contributed by atoms with Gasteiger partial charge in [-0.05, 0) is 31.7 Å². The van der Waals surface area contributed by atoms with Crippen molar-refractivity contribution in [1.29, 1.82) is 0 Å². The first-order chi connectivity index (χ1) is 14.8. The molecule has 0 atom stereocenters. The average molecular weight is 413 g/mol. The number of aromatic nitrogens is 1. The van der Waals surface area contributed by atoms with Crippen molar-refractivity contribution < 1.29 is 4.57 Å². The monoisotopic (exact) mass is 412 g/mol. The molecule has 0 spiro atoms. The molecule has 0 bridgehead atoms. The lowest BCUT2D eigenvalue weighted by molar-refractivity contribution is -0.697. The molecular formula is C29H50N+. The molecule has 0 aromatic carbocycles. The van der Waals surface area contributed by atoms with Crippen LogP contribution in [0.3, 0.4) is 0 Å². The van der Waals surface area contributed by atoms with Gasteiger partial charge in [0.15, 0.2) is 11.4 Å². The molecule has 0 fully saturated rings. The molecule has 1 aliphatic heterocycles. The second-order valence-corrected chi connectivity index (χ2v) is 9.60. The molecule has 0 aliphatic carbocycles. The van der Waals surface area contributed by atoms with E-state index in [1.807, 2.05) is 0 Å². The predicted molar refractivity (Wildman–Crippen MR) is 133 cm³/mol.